The number of carbonyl (C=O) groups is 1. The minimum absolute atomic E-state index is 0.138. The fourth-order valence-electron chi connectivity index (χ4n) is 2.46. The predicted octanol–water partition coefficient (Wildman–Crippen LogP) is 3.80. The topological polar surface area (TPSA) is 58.1 Å². The Morgan fingerprint density at radius 3 is 2.46 bits per heavy atom. The number of amides is 1. The molecule has 1 amide bonds. The van der Waals surface area contributed by atoms with Crippen molar-refractivity contribution in [3.8, 4) is 0 Å². The quantitative estimate of drug-likeness (QED) is 0.839. The van der Waals surface area contributed by atoms with Crippen LogP contribution in [0.1, 0.15) is 43.0 Å². The van der Waals surface area contributed by atoms with Crippen LogP contribution in [0.2, 0.25) is 0 Å². The number of aryl methyl sites for hydroxylation is 1. The van der Waals surface area contributed by atoms with Gasteiger partial charge in [0.1, 0.15) is 23.2 Å². The molecular weight excluding hydrogens is 307 g/mol. The molecule has 0 fully saturated rings. The number of carbonyl (C=O) groups excluding carboxylic acids is 1. The van der Waals surface area contributed by atoms with Crippen LogP contribution in [0.15, 0.2) is 30.3 Å². The van der Waals surface area contributed by atoms with Gasteiger partial charge in [0.15, 0.2) is 0 Å². The molecule has 1 aromatic heterocycles. The van der Waals surface area contributed by atoms with Crippen LogP contribution in [-0.4, -0.2) is 29.0 Å². The van der Waals surface area contributed by atoms with Gasteiger partial charge in [0.2, 0.25) is 0 Å². The van der Waals surface area contributed by atoms with Crippen molar-refractivity contribution in [3.63, 3.8) is 0 Å². The molecule has 5 nitrogen and oxygen atoms in total. The molecule has 1 aromatic carbocycles. The molecule has 0 bridgehead atoms. The van der Waals surface area contributed by atoms with Gasteiger partial charge in [0.05, 0.1) is 5.69 Å². The molecule has 0 unspecified atom stereocenters. The molecule has 0 aliphatic rings. The Balaban J connectivity index is 2.26. The van der Waals surface area contributed by atoms with E-state index in [0.717, 1.165) is 31.7 Å². The highest BCUT2D eigenvalue weighted by molar-refractivity contribution is 6.03. The molecule has 128 valence electrons. The summed E-state index contributed by atoms with van der Waals surface area (Å²) < 4.78 is 13.7. The summed E-state index contributed by atoms with van der Waals surface area (Å²) in [5.74, 6) is 0.323. The summed E-state index contributed by atoms with van der Waals surface area (Å²) in [4.78, 5) is 23.2. The first-order valence-corrected chi connectivity index (χ1v) is 8.21. The van der Waals surface area contributed by atoms with E-state index in [1.165, 1.54) is 12.1 Å². The van der Waals surface area contributed by atoms with Crippen molar-refractivity contribution in [2.75, 3.05) is 23.3 Å². The maximum absolute atomic E-state index is 13.7. The van der Waals surface area contributed by atoms with Crippen LogP contribution >= 0.6 is 0 Å². The molecule has 0 radical (unpaired) electrons. The van der Waals surface area contributed by atoms with E-state index in [1.54, 1.807) is 25.1 Å². The predicted molar refractivity (Wildman–Crippen MR) is 93.9 cm³/mol. The second-order valence-corrected chi connectivity index (χ2v) is 5.58. The Kier molecular flexibility index (Phi) is 6.23. The molecule has 0 saturated heterocycles. The summed E-state index contributed by atoms with van der Waals surface area (Å²) in [7, 11) is 0. The minimum atomic E-state index is -0.476. The fourth-order valence-corrected chi connectivity index (χ4v) is 2.46. The number of hydrogen-bond donors (Lipinski definition) is 1. The lowest BCUT2D eigenvalue weighted by molar-refractivity contribution is 0.102. The van der Waals surface area contributed by atoms with Gasteiger partial charge in [-0.2, -0.15) is 0 Å². The van der Waals surface area contributed by atoms with Gasteiger partial charge in [-0.25, -0.2) is 14.4 Å². The van der Waals surface area contributed by atoms with Crippen LogP contribution in [-0.2, 0) is 0 Å². The normalized spacial score (nSPS) is 10.5. The molecule has 2 rings (SSSR count). The number of nitrogens with one attached hydrogen (secondary N) is 1. The van der Waals surface area contributed by atoms with E-state index in [4.69, 9.17) is 0 Å². The maximum Gasteiger partial charge on any atom is 0.274 e. The monoisotopic (exact) mass is 330 g/mol. The van der Waals surface area contributed by atoms with Crippen molar-refractivity contribution in [1.82, 2.24) is 9.97 Å². The Hall–Kier alpha value is -2.50. The molecule has 0 aliphatic carbocycles. The van der Waals surface area contributed by atoms with E-state index in [1.807, 2.05) is 0 Å². The second-order valence-electron chi connectivity index (χ2n) is 5.58. The number of benzene rings is 1. The third kappa shape index (κ3) is 4.50. The molecule has 0 saturated carbocycles. The van der Waals surface area contributed by atoms with E-state index in [9.17, 15) is 9.18 Å². The van der Waals surface area contributed by atoms with Crippen LogP contribution in [0, 0.1) is 12.7 Å². The van der Waals surface area contributed by atoms with Crippen LogP contribution in [0.4, 0.5) is 15.9 Å². The summed E-state index contributed by atoms with van der Waals surface area (Å²) in [5.41, 5.74) is 0.372. The Bertz CT molecular complexity index is 699. The van der Waals surface area contributed by atoms with Gasteiger partial charge in [-0.3, -0.25) is 4.79 Å². The Morgan fingerprint density at radius 1 is 1.17 bits per heavy atom. The molecule has 0 aliphatic heterocycles. The van der Waals surface area contributed by atoms with Crippen LogP contribution in [0.25, 0.3) is 0 Å². The molecule has 24 heavy (non-hydrogen) atoms. The Morgan fingerprint density at radius 2 is 1.83 bits per heavy atom. The highest BCUT2D eigenvalue weighted by Gasteiger charge is 2.15. The van der Waals surface area contributed by atoms with Gasteiger partial charge in [-0.15, -0.1) is 0 Å². The van der Waals surface area contributed by atoms with Crippen molar-refractivity contribution in [1.29, 1.82) is 0 Å². The van der Waals surface area contributed by atoms with Gasteiger partial charge in [0, 0.05) is 19.2 Å². The summed E-state index contributed by atoms with van der Waals surface area (Å²) >= 11 is 0. The summed E-state index contributed by atoms with van der Waals surface area (Å²) in [6.07, 6.45) is 1.97. The maximum atomic E-state index is 13.7. The first-order valence-electron chi connectivity index (χ1n) is 8.21. The van der Waals surface area contributed by atoms with E-state index in [-0.39, 0.29) is 11.4 Å². The van der Waals surface area contributed by atoms with Crippen molar-refractivity contribution in [3.05, 3.63) is 47.7 Å². The first kappa shape index (κ1) is 17.8. The molecular formula is C18H23FN4O. The fraction of sp³-hybridized carbons (Fsp3) is 0.389. The van der Waals surface area contributed by atoms with Crippen LogP contribution in [0.5, 0.6) is 0 Å². The molecule has 0 atom stereocenters. The van der Waals surface area contributed by atoms with Gasteiger partial charge in [-0.05, 0) is 31.9 Å². The summed E-state index contributed by atoms with van der Waals surface area (Å²) in [6, 6.07) is 7.72. The van der Waals surface area contributed by atoms with Crippen molar-refractivity contribution in [2.24, 2.45) is 0 Å². The average Bonchev–Trinajstić information content (AvgIpc) is 2.56. The van der Waals surface area contributed by atoms with Crippen LogP contribution < -0.4 is 10.2 Å². The van der Waals surface area contributed by atoms with E-state index in [0.29, 0.717) is 5.82 Å². The highest BCUT2D eigenvalue weighted by atomic mass is 19.1. The smallest absolute Gasteiger partial charge is 0.274 e. The number of para-hydroxylation sites is 1. The number of aromatic nitrogens is 2. The molecule has 2 aromatic rings. The number of rotatable bonds is 7. The zero-order chi connectivity index (χ0) is 17.5. The number of nitrogens with zero attached hydrogens (tertiary/aromatic N) is 3. The molecule has 1 N–H and O–H groups in total. The van der Waals surface area contributed by atoms with Gasteiger partial charge < -0.3 is 10.2 Å². The van der Waals surface area contributed by atoms with Gasteiger partial charge >= 0.3 is 0 Å². The number of hydrogen-bond acceptors (Lipinski definition) is 4. The van der Waals surface area contributed by atoms with Crippen LogP contribution in [0.3, 0.4) is 0 Å². The largest absolute Gasteiger partial charge is 0.357 e. The number of anilines is 2. The molecule has 0 spiro atoms. The van der Waals surface area contributed by atoms with Gasteiger partial charge in [0.25, 0.3) is 5.91 Å². The standard InChI is InChI=1S/C18H23FN4O/c1-4-10-23(11-5-2)17-12-16(20-13(3)21-17)18(24)22-15-9-7-6-8-14(15)19/h6-9,12H,4-5,10-11H2,1-3H3,(H,22,24). The summed E-state index contributed by atoms with van der Waals surface area (Å²) in [6.45, 7) is 7.67. The minimum Gasteiger partial charge on any atom is -0.357 e. The van der Waals surface area contributed by atoms with E-state index in [2.05, 4.69) is 34.0 Å². The lowest BCUT2D eigenvalue weighted by Crippen LogP contribution is -2.27. The van der Waals surface area contributed by atoms with Crippen molar-refractivity contribution < 1.29 is 9.18 Å². The van der Waals surface area contributed by atoms with Crippen molar-refractivity contribution in [2.45, 2.75) is 33.6 Å². The van der Waals surface area contributed by atoms with E-state index >= 15 is 0 Å². The Labute approximate surface area is 141 Å². The zero-order valence-electron chi connectivity index (χ0n) is 14.3. The highest BCUT2D eigenvalue weighted by Crippen LogP contribution is 2.17. The van der Waals surface area contributed by atoms with Crippen molar-refractivity contribution >= 4 is 17.4 Å². The van der Waals surface area contributed by atoms with Gasteiger partial charge in [-0.1, -0.05) is 26.0 Å². The van der Waals surface area contributed by atoms with E-state index < -0.39 is 11.7 Å². The molecule has 1 heterocycles. The lowest BCUT2D eigenvalue weighted by Gasteiger charge is -2.23. The third-order valence-electron chi connectivity index (χ3n) is 3.49. The zero-order valence-corrected chi connectivity index (χ0v) is 14.3. The lowest BCUT2D eigenvalue weighted by atomic mass is 10.2. The summed E-state index contributed by atoms with van der Waals surface area (Å²) in [5, 5.41) is 2.56. The third-order valence-corrected chi connectivity index (χ3v) is 3.49. The molecule has 6 heteroatoms. The number of halogens is 1. The first-order chi connectivity index (χ1) is 11.5. The SMILES string of the molecule is CCCN(CCC)c1cc(C(=O)Nc2ccccc2F)nc(C)n1. The second kappa shape index (κ2) is 8.38. The average molecular weight is 330 g/mol.